The molecule has 0 radical (unpaired) electrons. The third kappa shape index (κ3) is 3.75. The van der Waals surface area contributed by atoms with Gasteiger partial charge in [-0.2, -0.15) is 0 Å². The number of hydrogen-bond donors (Lipinski definition) is 2. The van der Waals surface area contributed by atoms with Crippen LogP contribution >= 0.6 is 11.3 Å². The van der Waals surface area contributed by atoms with E-state index in [1.807, 2.05) is 49.2 Å². The van der Waals surface area contributed by atoms with E-state index >= 15 is 0 Å². The molecular weight excluding hydrogens is 334 g/mol. The number of likely N-dealkylation sites (N-methyl/N-ethyl adjacent to an activating group) is 1. The molecule has 0 saturated heterocycles. The molecule has 6 heteroatoms. The molecule has 0 aliphatic heterocycles. The van der Waals surface area contributed by atoms with Crippen LogP contribution in [-0.4, -0.2) is 29.8 Å². The molecule has 5 nitrogen and oxygen atoms in total. The molecule has 0 bridgehead atoms. The first kappa shape index (κ1) is 17.6. The number of fused-ring (bicyclic) bond motifs is 1. The smallest absolute Gasteiger partial charge is 0.251 e. The molecule has 25 heavy (non-hydrogen) atoms. The van der Waals surface area contributed by atoms with Crippen molar-refractivity contribution in [1.82, 2.24) is 4.90 Å². The number of nitrogens with zero attached hydrogens (tertiary/aromatic N) is 1. The molecule has 1 aromatic carbocycles. The lowest BCUT2D eigenvalue weighted by Crippen LogP contribution is -2.39. The van der Waals surface area contributed by atoms with Crippen molar-refractivity contribution in [2.75, 3.05) is 12.4 Å². The number of thiophene rings is 1. The van der Waals surface area contributed by atoms with Gasteiger partial charge < -0.3 is 11.1 Å². The fraction of sp³-hybridized carbons (Fsp3) is 0.368. The SMILES string of the molecule is C[C@@H](C(=O)Nc1sc2c(c1C(N)=O)CCC2)N(C)Cc1ccccc1. The Kier molecular flexibility index (Phi) is 5.20. The Morgan fingerprint density at radius 3 is 2.68 bits per heavy atom. The number of amides is 2. The Morgan fingerprint density at radius 1 is 1.28 bits per heavy atom. The highest BCUT2D eigenvalue weighted by atomic mass is 32.1. The first-order valence-electron chi connectivity index (χ1n) is 8.46. The Morgan fingerprint density at radius 2 is 2.00 bits per heavy atom. The third-order valence-electron chi connectivity index (χ3n) is 4.72. The van der Waals surface area contributed by atoms with Gasteiger partial charge in [0.25, 0.3) is 5.91 Å². The van der Waals surface area contributed by atoms with Crippen molar-refractivity contribution in [3.63, 3.8) is 0 Å². The van der Waals surface area contributed by atoms with Crippen molar-refractivity contribution in [2.24, 2.45) is 5.73 Å². The fourth-order valence-corrected chi connectivity index (χ4v) is 4.48. The van der Waals surface area contributed by atoms with E-state index in [9.17, 15) is 9.59 Å². The summed E-state index contributed by atoms with van der Waals surface area (Å²) in [4.78, 5) is 27.6. The maximum absolute atomic E-state index is 12.6. The van der Waals surface area contributed by atoms with E-state index in [0.29, 0.717) is 17.1 Å². The van der Waals surface area contributed by atoms with Crippen LogP contribution in [0.4, 0.5) is 5.00 Å². The van der Waals surface area contributed by atoms with Gasteiger partial charge in [-0.1, -0.05) is 30.3 Å². The van der Waals surface area contributed by atoms with Crippen molar-refractivity contribution >= 4 is 28.2 Å². The second kappa shape index (κ2) is 7.37. The van der Waals surface area contributed by atoms with E-state index < -0.39 is 5.91 Å². The van der Waals surface area contributed by atoms with Gasteiger partial charge in [0.05, 0.1) is 11.6 Å². The van der Waals surface area contributed by atoms with Crippen LogP contribution in [0.15, 0.2) is 30.3 Å². The van der Waals surface area contributed by atoms with Gasteiger partial charge in [0.15, 0.2) is 0 Å². The molecule has 3 rings (SSSR count). The van der Waals surface area contributed by atoms with Crippen molar-refractivity contribution in [3.8, 4) is 0 Å². The predicted octanol–water partition coefficient (Wildman–Crippen LogP) is 2.79. The van der Waals surface area contributed by atoms with Crippen LogP contribution in [0.2, 0.25) is 0 Å². The number of aryl methyl sites for hydroxylation is 1. The average molecular weight is 357 g/mol. The molecule has 2 amide bonds. The molecule has 3 N–H and O–H groups in total. The Balaban J connectivity index is 1.71. The van der Waals surface area contributed by atoms with E-state index in [0.717, 1.165) is 30.4 Å². The zero-order valence-electron chi connectivity index (χ0n) is 14.5. The van der Waals surface area contributed by atoms with Gasteiger partial charge in [0, 0.05) is 11.4 Å². The van der Waals surface area contributed by atoms with E-state index in [-0.39, 0.29) is 11.9 Å². The van der Waals surface area contributed by atoms with Crippen molar-refractivity contribution in [2.45, 2.75) is 38.8 Å². The summed E-state index contributed by atoms with van der Waals surface area (Å²) in [5.41, 5.74) is 8.23. The zero-order chi connectivity index (χ0) is 18.0. The van der Waals surface area contributed by atoms with Crippen LogP contribution in [0.1, 0.15) is 39.7 Å². The molecule has 1 aliphatic rings. The first-order chi connectivity index (χ1) is 12.0. The molecular formula is C19H23N3O2S. The lowest BCUT2D eigenvalue weighted by Gasteiger charge is -2.23. The minimum Gasteiger partial charge on any atom is -0.365 e. The highest BCUT2D eigenvalue weighted by Crippen LogP contribution is 2.38. The molecule has 132 valence electrons. The predicted molar refractivity (Wildman–Crippen MR) is 101 cm³/mol. The molecule has 1 aliphatic carbocycles. The number of nitrogens with two attached hydrogens (primary N) is 1. The highest BCUT2D eigenvalue weighted by Gasteiger charge is 2.27. The second-order valence-electron chi connectivity index (χ2n) is 6.49. The number of benzene rings is 1. The molecule has 0 fully saturated rings. The minimum absolute atomic E-state index is 0.124. The van der Waals surface area contributed by atoms with E-state index in [4.69, 9.17) is 5.73 Å². The van der Waals surface area contributed by atoms with Crippen LogP contribution in [0, 0.1) is 0 Å². The monoisotopic (exact) mass is 357 g/mol. The first-order valence-corrected chi connectivity index (χ1v) is 9.28. The summed E-state index contributed by atoms with van der Waals surface area (Å²) >= 11 is 1.49. The van der Waals surface area contributed by atoms with E-state index in [1.54, 1.807) is 0 Å². The second-order valence-corrected chi connectivity index (χ2v) is 7.60. The number of hydrogen-bond acceptors (Lipinski definition) is 4. The quantitative estimate of drug-likeness (QED) is 0.835. The number of rotatable bonds is 6. The maximum atomic E-state index is 12.6. The van der Waals surface area contributed by atoms with Gasteiger partial charge >= 0.3 is 0 Å². The summed E-state index contributed by atoms with van der Waals surface area (Å²) < 4.78 is 0. The van der Waals surface area contributed by atoms with Gasteiger partial charge in [-0.25, -0.2) is 0 Å². The highest BCUT2D eigenvalue weighted by molar-refractivity contribution is 7.17. The Labute approximate surface area is 151 Å². The summed E-state index contributed by atoms with van der Waals surface area (Å²) in [5.74, 6) is -0.583. The van der Waals surface area contributed by atoms with Crippen LogP contribution in [-0.2, 0) is 24.2 Å². The number of primary amides is 1. The molecule has 0 spiro atoms. The summed E-state index contributed by atoms with van der Waals surface area (Å²) in [6.07, 6.45) is 2.87. The van der Waals surface area contributed by atoms with Gasteiger partial charge in [0.2, 0.25) is 5.91 Å². The molecule has 0 unspecified atom stereocenters. The van der Waals surface area contributed by atoms with Crippen molar-refractivity contribution in [3.05, 3.63) is 51.9 Å². The summed E-state index contributed by atoms with van der Waals surface area (Å²) in [5, 5.41) is 3.52. The molecule has 0 saturated carbocycles. The summed E-state index contributed by atoms with van der Waals surface area (Å²) in [6.45, 7) is 2.54. The Hall–Kier alpha value is -2.18. The van der Waals surface area contributed by atoms with Crippen molar-refractivity contribution in [1.29, 1.82) is 0 Å². The molecule has 2 aromatic rings. The largest absolute Gasteiger partial charge is 0.365 e. The minimum atomic E-state index is -0.458. The summed E-state index contributed by atoms with van der Waals surface area (Å²) in [7, 11) is 1.92. The van der Waals surface area contributed by atoms with Crippen LogP contribution in [0.5, 0.6) is 0 Å². The van der Waals surface area contributed by atoms with Crippen LogP contribution in [0.3, 0.4) is 0 Å². The number of anilines is 1. The van der Waals surface area contributed by atoms with Crippen LogP contribution in [0.25, 0.3) is 0 Å². The number of nitrogens with one attached hydrogen (secondary N) is 1. The van der Waals surface area contributed by atoms with Gasteiger partial charge in [-0.3, -0.25) is 14.5 Å². The van der Waals surface area contributed by atoms with Crippen molar-refractivity contribution < 1.29 is 9.59 Å². The Bertz CT molecular complexity index is 785. The normalized spacial score (nSPS) is 14.4. The van der Waals surface area contributed by atoms with E-state index in [2.05, 4.69) is 5.32 Å². The number of carbonyl (C=O) groups is 2. The zero-order valence-corrected chi connectivity index (χ0v) is 15.4. The molecule has 1 aromatic heterocycles. The standard InChI is InChI=1S/C19H23N3O2S/c1-12(22(2)11-13-7-4-3-5-8-13)18(24)21-19-16(17(20)23)14-9-6-10-15(14)25-19/h3-5,7-8,12H,6,9-11H2,1-2H3,(H2,20,23)(H,21,24)/t12-/m0/s1. The fourth-order valence-electron chi connectivity index (χ4n) is 3.18. The van der Waals surface area contributed by atoms with E-state index in [1.165, 1.54) is 16.2 Å². The molecule has 1 heterocycles. The average Bonchev–Trinajstić information content (AvgIpc) is 3.15. The van der Waals surface area contributed by atoms with Gasteiger partial charge in [-0.15, -0.1) is 11.3 Å². The van der Waals surface area contributed by atoms with Gasteiger partial charge in [-0.05, 0) is 44.4 Å². The lowest BCUT2D eigenvalue weighted by molar-refractivity contribution is -0.120. The maximum Gasteiger partial charge on any atom is 0.251 e. The van der Waals surface area contributed by atoms with Gasteiger partial charge in [0.1, 0.15) is 5.00 Å². The van der Waals surface area contributed by atoms with Crippen LogP contribution < -0.4 is 11.1 Å². The third-order valence-corrected chi connectivity index (χ3v) is 5.93. The lowest BCUT2D eigenvalue weighted by atomic mass is 10.1. The molecule has 1 atom stereocenters. The topological polar surface area (TPSA) is 75.4 Å². The number of carbonyl (C=O) groups excluding carboxylic acids is 2. The summed E-state index contributed by atoms with van der Waals surface area (Å²) in [6, 6.07) is 9.70.